The molecule has 2 unspecified atom stereocenters. The number of aromatic nitrogens is 1. The van der Waals surface area contributed by atoms with Crippen LogP contribution >= 0.6 is 11.3 Å². The van der Waals surface area contributed by atoms with Crippen molar-refractivity contribution < 1.29 is 0 Å². The summed E-state index contributed by atoms with van der Waals surface area (Å²) in [5.41, 5.74) is 5.65. The maximum atomic E-state index is 5.65. The van der Waals surface area contributed by atoms with E-state index in [9.17, 15) is 0 Å². The summed E-state index contributed by atoms with van der Waals surface area (Å²) in [5, 5.41) is 1.20. The van der Waals surface area contributed by atoms with Crippen molar-refractivity contribution in [3.8, 4) is 0 Å². The van der Waals surface area contributed by atoms with E-state index in [0.717, 1.165) is 12.0 Å². The van der Waals surface area contributed by atoms with Gasteiger partial charge in [-0.25, -0.2) is 4.98 Å². The van der Waals surface area contributed by atoms with Crippen LogP contribution in [0, 0.1) is 5.92 Å². The number of hydrogen-bond donors (Lipinski definition) is 1. The summed E-state index contributed by atoms with van der Waals surface area (Å²) in [6.45, 7) is 1.83. The zero-order chi connectivity index (χ0) is 11.0. The standard InChI is InChI=1S/C12H19N3S/c13-7-10-8-14-12(16-10)15-6-5-9-3-1-2-4-11(9)15/h8-9,11H,1-7,13H2. The van der Waals surface area contributed by atoms with Gasteiger partial charge in [0.15, 0.2) is 5.13 Å². The van der Waals surface area contributed by atoms with E-state index in [1.165, 1.54) is 48.7 Å². The van der Waals surface area contributed by atoms with E-state index in [0.29, 0.717) is 6.54 Å². The van der Waals surface area contributed by atoms with Gasteiger partial charge in [0.1, 0.15) is 0 Å². The van der Waals surface area contributed by atoms with Gasteiger partial charge in [0, 0.05) is 30.2 Å². The lowest BCUT2D eigenvalue weighted by Crippen LogP contribution is -2.34. The molecule has 2 heterocycles. The summed E-state index contributed by atoms with van der Waals surface area (Å²) < 4.78 is 0. The first kappa shape index (κ1) is 10.5. The van der Waals surface area contributed by atoms with Gasteiger partial charge in [-0.2, -0.15) is 0 Å². The fourth-order valence-electron chi connectivity index (χ4n) is 3.17. The molecule has 1 aliphatic heterocycles. The van der Waals surface area contributed by atoms with Crippen molar-refractivity contribution in [2.24, 2.45) is 11.7 Å². The molecule has 3 rings (SSSR count). The number of nitrogens with two attached hydrogens (primary N) is 1. The largest absolute Gasteiger partial charge is 0.345 e. The van der Waals surface area contributed by atoms with Gasteiger partial charge in [0.05, 0.1) is 0 Å². The Morgan fingerprint density at radius 3 is 3.06 bits per heavy atom. The molecule has 1 aromatic heterocycles. The monoisotopic (exact) mass is 237 g/mol. The number of rotatable bonds is 2. The second-order valence-corrected chi connectivity index (χ2v) is 6.00. The third kappa shape index (κ3) is 1.74. The van der Waals surface area contributed by atoms with E-state index in [2.05, 4.69) is 9.88 Å². The summed E-state index contributed by atoms with van der Waals surface area (Å²) in [7, 11) is 0. The molecule has 2 atom stereocenters. The Hall–Kier alpha value is -0.610. The number of nitrogens with zero attached hydrogens (tertiary/aromatic N) is 2. The summed E-state index contributed by atoms with van der Waals surface area (Å²) in [6, 6.07) is 0.769. The molecule has 2 aliphatic rings. The van der Waals surface area contributed by atoms with Gasteiger partial charge in [-0.1, -0.05) is 12.8 Å². The Morgan fingerprint density at radius 1 is 1.38 bits per heavy atom. The van der Waals surface area contributed by atoms with Crippen molar-refractivity contribution in [1.82, 2.24) is 4.98 Å². The topological polar surface area (TPSA) is 42.1 Å². The third-order valence-corrected chi connectivity index (χ3v) is 5.06. The third-order valence-electron chi connectivity index (χ3n) is 4.00. The molecule has 1 aliphatic carbocycles. The average molecular weight is 237 g/mol. The molecular formula is C12H19N3S. The molecular weight excluding hydrogens is 218 g/mol. The minimum Gasteiger partial charge on any atom is -0.345 e. The van der Waals surface area contributed by atoms with Crippen LogP contribution in [0.2, 0.25) is 0 Å². The van der Waals surface area contributed by atoms with Crippen LogP contribution in [-0.4, -0.2) is 17.6 Å². The Morgan fingerprint density at radius 2 is 2.25 bits per heavy atom. The van der Waals surface area contributed by atoms with Crippen LogP contribution in [0.1, 0.15) is 37.0 Å². The van der Waals surface area contributed by atoms with Crippen molar-refractivity contribution in [3.05, 3.63) is 11.1 Å². The molecule has 0 bridgehead atoms. The zero-order valence-corrected chi connectivity index (χ0v) is 10.4. The van der Waals surface area contributed by atoms with Gasteiger partial charge in [-0.3, -0.25) is 0 Å². The molecule has 2 fully saturated rings. The highest BCUT2D eigenvalue weighted by atomic mass is 32.1. The summed E-state index contributed by atoms with van der Waals surface area (Å²) in [6.07, 6.45) is 8.92. The van der Waals surface area contributed by atoms with E-state index in [1.54, 1.807) is 11.3 Å². The average Bonchev–Trinajstić information content (AvgIpc) is 2.94. The van der Waals surface area contributed by atoms with Crippen LogP contribution in [0.5, 0.6) is 0 Å². The lowest BCUT2D eigenvalue weighted by Gasteiger charge is -2.31. The minimum atomic E-state index is 0.625. The quantitative estimate of drug-likeness (QED) is 0.858. The van der Waals surface area contributed by atoms with E-state index in [1.807, 2.05) is 6.20 Å². The Labute approximate surface area is 101 Å². The van der Waals surface area contributed by atoms with Crippen LogP contribution in [0.15, 0.2) is 6.20 Å². The van der Waals surface area contributed by atoms with Crippen LogP contribution in [0.3, 0.4) is 0 Å². The molecule has 0 amide bonds. The highest BCUT2D eigenvalue weighted by molar-refractivity contribution is 7.15. The lowest BCUT2D eigenvalue weighted by molar-refractivity contribution is 0.342. The summed E-state index contributed by atoms with van der Waals surface area (Å²) in [5.74, 6) is 0.930. The molecule has 0 radical (unpaired) electrons. The predicted octanol–water partition coefficient (Wildman–Crippen LogP) is 2.37. The molecule has 3 nitrogen and oxygen atoms in total. The van der Waals surface area contributed by atoms with Crippen molar-refractivity contribution in [3.63, 3.8) is 0 Å². The maximum absolute atomic E-state index is 5.65. The summed E-state index contributed by atoms with van der Waals surface area (Å²) in [4.78, 5) is 8.26. The molecule has 1 saturated carbocycles. The van der Waals surface area contributed by atoms with E-state index >= 15 is 0 Å². The van der Waals surface area contributed by atoms with Gasteiger partial charge in [-0.15, -0.1) is 11.3 Å². The van der Waals surface area contributed by atoms with Gasteiger partial charge >= 0.3 is 0 Å². The van der Waals surface area contributed by atoms with Crippen LogP contribution in [0.25, 0.3) is 0 Å². The van der Waals surface area contributed by atoms with Crippen molar-refractivity contribution in [2.45, 2.75) is 44.7 Å². The molecule has 1 saturated heterocycles. The lowest BCUT2D eigenvalue weighted by atomic mass is 9.85. The van der Waals surface area contributed by atoms with Crippen molar-refractivity contribution in [1.29, 1.82) is 0 Å². The normalized spacial score (nSPS) is 29.4. The van der Waals surface area contributed by atoms with E-state index in [-0.39, 0.29) is 0 Å². The Balaban J connectivity index is 1.79. The SMILES string of the molecule is NCc1cnc(N2CCC3CCCCC32)s1. The summed E-state index contributed by atoms with van der Waals surface area (Å²) >= 11 is 1.78. The zero-order valence-electron chi connectivity index (χ0n) is 9.56. The highest BCUT2D eigenvalue weighted by Gasteiger charge is 2.36. The second-order valence-electron chi connectivity index (χ2n) is 4.91. The van der Waals surface area contributed by atoms with Crippen molar-refractivity contribution in [2.75, 3.05) is 11.4 Å². The molecule has 16 heavy (non-hydrogen) atoms. The highest BCUT2D eigenvalue weighted by Crippen LogP contribution is 2.39. The van der Waals surface area contributed by atoms with Gasteiger partial charge in [0.2, 0.25) is 0 Å². The van der Waals surface area contributed by atoms with E-state index < -0.39 is 0 Å². The molecule has 88 valence electrons. The van der Waals surface area contributed by atoms with Crippen LogP contribution in [0.4, 0.5) is 5.13 Å². The number of thiazole rings is 1. The molecule has 1 aromatic rings. The first-order valence-electron chi connectivity index (χ1n) is 6.30. The van der Waals surface area contributed by atoms with Crippen LogP contribution < -0.4 is 10.6 Å². The molecule has 4 heteroatoms. The second kappa shape index (κ2) is 4.34. The molecule has 0 spiro atoms. The number of fused-ring (bicyclic) bond motifs is 1. The fourth-order valence-corrected chi connectivity index (χ4v) is 4.04. The van der Waals surface area contributed by atoms with E-state index in [4.69, 9.17) is 5.73 Å². The van der Waals surface area contributed by atoms with Crippen LogP contribution in [-0.2, 0) is 6.54 Å². The van der Waals surface area contributed by atoms with Gasteiger partial charge < -0.3 is 10.6 Å². The number of hydrogen-bond acceptors (Lipinski definition) is 4. The smallest absolute Gasteiger partial charge is 0.185 e. The first-order valence-corrected chi connectivity index (χ1v) is 7.11. The maximum Gasteiger partial charge on any atom is 0.185 e. The van der Waals surface area contributed by atoms with Crippen molar-refractivity contribution >= 4 is 16.5 Å². The molecule has 0 aromatic carbocycles. The Kier molecular flexibility index (Phi) is 2.86. The fraction of sp³-hybridized carbons (Fsp3) is 0.750. The van der Waals surface area contributed by atoms with Gasteiger partial charge in [0.25, 0.3) is 0 Å². The van der Waals surface area contributed by atoms with Gasteiger partial charge in [-0.05, 0) is 25.2 Å². The number of anilines is 1. The minimum absolute atomic E-state index is 0.625. The first-order chi connectivity index (χ1) is 7.88. The predicted molar refractivity (Wildman–Crippen MR) is 67.7 cm³/mol. The Bertz CT molecular complexity index is 363. The molecule has 2 N–H and O–H groups in total.